The maximum absolute atomic E-state index is 5.58. The van der Waals surface area contributed by atoms with Crippen LogP contribution in [0.3, 0.4) is 0 Å². The molecule has 0 amide bonds. The van der Waals surface area contributed by atoms with Crippen LogP contribution < -0.4 is 16.0 Å². The van der Waals surface area contributed by atoms with E-state index >= 15 is 0 Å². The third kappa shape index (κ3) is 3.39. The summed E-state index contributed by atoms with van der Waals surface area (Å²) < 4.78 is 0. The number of hydrogen-bond acceptors (Lipinski definition) is 2. The number of nitrogens with two attached hydrogens (primary N) is 1. The van der Waals surface area contributed by atoms with Gasteiger partial charge in [0.15, 0.2) is 5.11 Å². The van der Waals surface area contributed by atoms with Gasteiger partial charge >= 0.3 is 0 Å². The Balaban J connectivity index is 1.88. The summed E-state index contributed by atoms with van der Waals surface area (Å²) in [6.45, 7) is 6.70. The maximum Gasteiger partial charge on any atom is 0.168 e. The molecule has 0 aromatic heterocycles. The summed E-state index contributed by atoms with van der Waals surface area (Å²) in [6, 6.07) is 13.3. The predicted octanol–water partition coefficient (Wildman–Crippen LogP) is 4.54. The highest BCUT2D eigenvalue weighted by atomic mass is 32.1. The van der Waals surface area contributed by atoms with Gasteiger partial charge in [-0.3, -0.25) is 0 Å². The van der Waals surface area contributed by atoms with Crippen molar-refractivity contribution in [3.8, 4) is 11.1 Å². The zero-order valence-corrected chi connectivity index (χ0v) is 15.2. The minimum atomic E-state index is 0.308. The maximum atomic E-state index is 5.58. The lowest BCUT2D eigenvalue weighted by molar-refractivity contribution is 0.744. The topological polar surface area (TPSA) is 41.3 Å². The molecule has 0 saturated carbocycles. The second kappa shape index (κ2) is 7.22. The van der Waals surface area contributed by atoms with Gasteiger partial charge in [-0.1, -0.05) is 26.0 Å². The number of hydrogen-bond donors (Lipinski definition) is 2. The summed E-state index contributed by atoms with van der Waals surface area (Å²) in [4.78, 5) is 2.49. The second-order valence-electron chi connectivity index (χ2n) is 6.37. The first kappa shape index (κ1) is 16.8. The fourth-order valence-corrected chi connectivity index (χ4v) is 3.64. The number of thiocarbonyl (C=S) groups is 1. The van der Waals surface area contributed by atoms with Gasteiger partial charge in [0.25, 0.3) is 0 Å². The lowest BCUT2D eigenvalue weighted by Gasteiger charge is -2.24. The Bertz CT molecular complexity index is 749. The van der Waals surface area contributed by atoms with Crippen molar-refractivity contribution in [2.24, 2.45) is 5.73 Å². The standard InChI is InChI=1S/C20H25N3S/c1-3-9-23(10-4-2)17-6-8-19-15(13-17)11-14-12-16(22-20(21)24)5-7-18(14)19/h5-8,12-13H,3-4,9-11H2,1-2H3,(H3,21,22,24). The van der Waals surface area contributed by atoms with Crippen LogP contribution in [0, 0.1) is 0 Å². The van der Waals surface area contributed by atoms with Gasteiger partial charge < -0.3 is 16.0 Å². The van der Waals surface area contributed by atoms with Crippen LogP contribution >= 0.6 is 12.2 Å². The molecular formula is C20H25N3S. The smallest absolute Gasteiger partial charge is 0.168 e. The van der Waals surface area contributed by atoms with Crippen LogP contribution in [-0.2, 0) is 6.42 Å². The quantitative estimate of drug-likeness (QED) is 0.647. The summed E-state index contributed by atoms with van der Waals surface area (Å²) in [5, 5.41) is 3.33. The molecule has 1 aliphatic carbocycles. The Kier molecular flexibility index (Phi) is 5.05. The molecule has 0 atom stereocenters. The first-order valence-corrected chi connectivity index (χ1v) is 9.10. The summed E-state index contributed by atoms with van der Waals surface area (Å²) in [6.07, 6.45) is 3.31. The molecule has 2 aromatic carbocycles. The molecule has 0 heterocycles. The van der Waals surface area contributed by atoms with E-state index in [0.717, 1.165) is 25.2 Å². The number of nitrogens with zero attached hydrogens (tertiary/aromatic N) is 1. The molecule has 0 bridgehead atoms. The first-order valence-electron chi connectivity index (χ1n) is 8.70. The third-order valence-corrected chi connectivity index (χ3v) is 4.59. The van der Waals surface area contributed by atoms with Crippen molar-refractivity contribution in [1.29, 1.82) is 0 Å². The molecule has 24 heavy (non-hydrogen) atoms. The number of rotatable bonds is 6. The largest absolute Gasteiger partial charge is 0.376 e. The summed E-state index contributed by atoms with van der Waals surface area (Å²) in [5.41, 5.74) is 13.3. The molecule has 0 saturated heterocycles. The van der Waals surface area contributed by atoms with Crippen LogP contribution in [0.15, 0.2) is 36.4 Å². The zero-order chi connectivity index (χ0) is 17.1. The van der Waals surface area contributed by atoms with E-state index in [9.17, 15) is 0 Å². The fraction of sp³-hybridized carbons (Fsp3) is 0.350. The predicted molar refractivity (Wildman–Crippen MR) is 108 cm³/mol. The van der Waals surface area contributed by atoms with E-state index in [0.29, 0.717) is 5.11 Å². The number of fused-ring (bicyclic) bond motifs is 3. The Labute approximate surface area is 149 Å². The van der Waals surface area contributed by atoms with E-state index in [1.165, 1.54) is 40.8 Å². The van der Waals surface area contributed by atoms with Crippen molar-refractivity contribution in [1.82, 2.24) is 0 Å². The van der Waals surface area contributed by atoms with Crippen molar-refractivity contribution in [3.63, 3.8) is 0 Å². The zero-order valence-electron chi connectivity index (χ0n) is 14.4. The summed E-state index contributed by atoms with van der Waals surface area (Å²) in [5.74, 6) is 0. The van der Waals surface area contributed by atoms with Crippen molar-refractivity contribution < 1.29 is 0 Å². The van der Waals surface area contributed by atoms with Crippen LogP contribution in [0.1, 0.15) is 37.8 Å². The van der Waals surface area contributed by atoms with Gasteiger partial charge in [0.05, 0.1) is 0 Å². The van der Waals surface area contributed by atoms with E-state index in [4.69, 9.17) is 18.0 Å². The SMILES string of the molecule is CCCN(CCC)c1ccc2c(c1)Cc1cc(NC(N)=S)ccc1-2. The van der Waals surface area contributed by atoms with Crippen LogP contribution in [0.25, 0.3) is 11.1 Å². The number of anilines is 2. The van der Waals surface area contributed by atoms with Crippen LogP contribution in [0.4, 0.5) is 11.4 Å². The molecule has 0 aliphatic heterocycles. The van der Waals surface area contributed by atoms with Crippen molar-refractivity contribution in [3.05, 3.63) is 47.5 Å². The van der Waals surface area contributed by atoms with Crippen LogP contribution in [0.2, 0.25) is 0 Å². The summed E-state index contributed by atoms with van der Waals surface area (Å²) >= 11 is 4.93. The van der Waals surface area contributed by atoms with Crippen LogP contribution in [0.5, 0.6) is 0 Å². The number of nitrogens with one attached hydrogen (secondary N) is 1. The van der Waals surface area contributed by atoms with Crippen molar-refractivity contribution in [2.75, 3.05) is 23.3 Å². The Morgan fingerprint density at radius 3 is 2.29 bits per heavy atom. The Hall–Kier alpha value is -2.07. The highest BCUT2D eigenvalue weighted by molar-refractivity contribution is 7.80. The van der Waals surface area contributed by atoms with Gasteiger partial charge in [0.1, 0.15) is 0 Å². The van der Waals surface area contributed by atoms with E-state index in [2.05, 4.69) is 54.4 Å². The normalized spacial score (nSPS) is 11.8. The summed E-state index contributed by atoms with van der Waals surface area (Å²) in [7, 11) is 0. The second-order valence-corrected chi connectivity index (χ2v) is 6.81. The highest BCUT2D eigenvalue weighted by Gasteiger charge is 2.20. The van der Waals surface area contributed by atoms with E-state index < -0.39 is 0 Å². The highest BCUT2D eigenvalue weighted by Crippen LogP contribution is 2.39. The average molecular weight is 340 g/mol. The minimum Gasteiger partial charge on any atom is -0.376 e. The Morgan fingerprint density at radius 2 is 1.67 bits per heavy atom. The molecule has 0 unspecified atom stereocenters. The molecule has 1 aliphatic rings. The molecular weight excluding hydrogens is 314 g/mol. The van der Waals surface area contributed by atoms with Crippen molar-refractivity contribution >= 4 is 28.7 Å². The molecule has 2 aromatic rings. The van der Waals surface area contributed by atoms with Crippen LogP contribution in [-0.4, -0.2) is 18.2 Å². The molecule has 0 radical (unpaired) electrons. The van der Waals surface area contributed by atoms with Gasteiger partial charge in [-0.2, -0.15) is 0 Å². The van der Waals surface area contributed by atoms with E-state index in [-0.39, 0.29) is 0 Å². The monoisotopic (exact) mass is 339 g/mol. The Morgan fingerprint density at radius 1 is 1.04 bits per heavy atom. The van der Waals surface area contributed by atoms with E-state index in [1.807, 2.05) is 6.07 Å². The number of benzene rings is 2. The third-order valence-electron chi connectivity index (χ3n) is 4.48. The van der Waals surface area contributed by atoms with Gasteiger partial charge in [-0.25, -0.2) is 0 Å². The fourth-order valence-electron chi connectivity index (χ4n) is 3.52. The lowest BCUT2D eigenvalue weighted by Crippen LogP contribution is -2.24. The molecule has 3 N–H and O–H groups in total. The molecule has 3 rings (SSSR count). The molecule has 0 spiro atoms. The van der Waals surface area contributed by atoms with Gasteiger partial charge in [-0.05, 0) is 78.0 Å². The van der Waals surface area contributed by atoms with Gasteiger partial charge in [0, 0.05) is 24.5 Å². The minimum absolute atomic E-state index is 0.308. The van der Waals surface area contributed by atoms with Gasteiger partial charge in [0.2, 0.25) is 0 Å². The average Bonchev–Trinajstić information content (AvgIpc) is 2.90. The molecule has 3 nitrogen and oxygen atoms in total. The first-order chi connectivity index (χ1) is 11.6. The molecule has 126 valence electrons. The van der Waals surface area contributed by atoms with Crippen molar-refractivity contribution in [2.45, 2.75) is 33.1 Å². The van der Waals surface area contributed by atoms with Gasteiger partial charge in [-0.15, -0.1) is 0 Å². The molecule has 0 fully saturated rings. The van der Waals surface area contributed by atoms with E-state index in [1.54, 1.807) is 0 Å². The lowest BCUT2D eigenvalue weighted by atomic mass is 10.0. The molecule has 4 heteroatoms.